The molecule has 3 aromatic heterocycles. The molecule has 5 N–H and O–H groups in total. The summed E-state index contributed by atoms with van der Waals surface area (Å²) in [5.74, 6) is 0.668. The Labute approximate surface area is 205 Å². The number of rotatable bonds is 12. The molecule has 0 radical (unpaired) electrons. The molecule has 34 heavy (non-hydrogen) atoms. The van der Waals surface area contributed by atoms with Gasteiger partial charge in [-0.1, -0.05) is 32.0 Å². The molecule has 3 heterocycles. The van der Waals surface area contributed by atoms with Gasteiger partial charge in [0.25, 0.3) is 0 Å². The Hall–Kier alpha value is -2.66. The predicted octanol–water partition coefficient (Wildman–Crippen LogP) is 3.76. The molecular formula is C24H35N7O2S. The molecule has 0 saturated carbocycles. The van der Waals surface area contributed by atoms with E-state index in [4.69, 9.17) is 27.7 Å². The monoisotopic (exact) mass is 485 g/mol. The zero-order valence-corrected chi connectivity index (χ0v) is 21.2. The predicted molar refractivity (Wildman–Crippen MR) is 139 cm³/mol. The van der Waals surface area contributed by atoms with Crippen LogP contribution in [-0.4, -0.2) is 69.4 Å². The molecule has 0 amide bonds. The van der Waals surface area contributed by atoms with Gasteiger partial charge in [-0.15, -0.1) is 0 Å². The van der Waals surface area contributed by atoms with E-state index in [2.05, 4.69) is 32.1 Å². The number of aliphatic hydroxyl groups excluding tert-OH is 1. The number of anilines is 2. The number of hydrogen-bond acceptors (Lipinski definition) is 9. The molecule has 3 aromatic rings. The van der Waals surface area contributed by atoms with Gasteiger partial charge in [-0.2, -0.15) is 4.98 Å². The molecule has 0 aliphatic heterocycles. The summed E-state index contributed by atoms with van der Waals surface area (Å²) in [5, 5.41) is 13.4. The first kappa shape index (κ1) is 26.0. The fourth-order valence-electron chi connectivity index (χ4n) is 3.82. The zero-order chi connectivity index (χ0) is 24.7. The molecule has 0 unspecified atom stereocenters. The van der Waals surface area contributed by atoms with Crippen molar-refractivity contribution < 1.29 is 9.84 Å². The average Bonchev–Trinajstić information content (AvgIpc) is 2.82. The summed E-state index contributed by atoms with van der Waals surface area (Å²) in [6.45, 7) is 6.24. The fraction of sp³-hybridized carbons (Fsp3) is 0.500. The number of nitrogens with one attached hydrogen (secondary N) is 2. The number of aromatic nitrogens is 4. The van der Waals surface area contributed by atoms with Crippen molar-refractivity contribution >= 4 is 35.0 Å². The average molecular weight is 486 g/mol. The molecule has 0 aliphatic rings. The third-order valence-corrected chi connectivity index (χ3v) is 6.08. The first-order chi connectivity index (χ1) is 16.3. The summed E-state index contributed by atoms with van der Waals surface area (Å²) in [4.78, 5) is 18.8. The van der Waals surface area contributed by atoms with Crippen molar-refractivity contribution in [3.63, 3.8) is 0 Å². The van der Waals surface area contributed by atoms with E-state index in [1.54, 1.807) is 13.3 Å². The number of hydrogen-bond donors (Lipinski definition) is 4. The number of likely N-dealkylation sites (N-methyl/N-ethyl adjacent to an activating group) is 1. The lowest BCUT2D eigenvalue weighted by Gasteiger charge is -2.29. The number of methoxy groups -OCH3 is 1. The van der Waals surface area contributed by atoms with Gasteiger partial charge >= 0.3 is 0 Å². The Morgan fingerprint density at radius 1 is 1.32 bits per heavy atom. The number of H-pyrrole nitrogens is 1. The van der Waals surface area contributed by atoms with Crippen molar-refractivity contribution in [2.24, 2.45) is 0 Å². The molecule has 0 aliphatic carbocycles. The number of ether oxygens (including phenoxy) is 1. The highest BCUT2D eigenvalue weighted by Gasteiger charge is 2.25. The second kappa shape index (κ2) is 11.7. The van der Waals surface area contributed by atoms with Crippen LogP contribution < -0.4 is 11.1 Å². The molecule has 0 bridgehead atoms. The van der Waals surface area contributed by atoms with Gasteiger partial charge < -0.3 is 25.9 Å². The number of nitrogen functional groups attached to an aromatic ring is 1. The number of fused-ring (bicyclic) bond motifs is 1. The summed E-state index contributed by atoms with van der Waals surface area (Å²) in [6.07, 6.45) is 6.56. The summed E-state index contributed by atoms with van der Waals surface area (Å²) >= 11 is 5.40. The van der Waals surface area contributed by atoms with E-state index in [1.807, 2.05) is 32.3 Å². The lowest BCUT2D eigenvalue weighted by molar-refractivity contribution is 0.158. The van der Waals surface area contributed by atoms with Crippen LogP contribution in [0.4, 0.5) is 11.8 Å². The molecule has 1 atom stereocenters. The highest BCUT2D eigenvalue weighted by Crippen LogP contribution is 2.30. The van der Waals surface area contributed by atoms with Gasteiger partial charge in [0.1, 0.15) is 10.2 Å². The lowest BCUT2D eigenvalue weighted by Crippen LogP contribution is -2.39. The third-order valence-electron chi connectivity index (χ3n) is 5.84. The maximum atomic E-state index is 10.0. The van der Waals surface area contributed by atoms with E-state index in [0.717, 1.165) is 42.5 Å². The van der Waals surface area contributed by atoms with Crippen molar-refractivity contribution in [3.05, 3.63) is 34.7 Å². The largest absolute Gasteiger partial charge is 0.394 e. The van der Waals surface area contributed by atoms with Crippen LogP contribution in [0.1, 0.15) is 38.7 Å². The topological polar surface area (TPSA) is 125 Å². The van der Waals surface area contributed by atoms with Crippen LogP contribution in [0.3, 0.4) is 0 Å². The number of pyridine rings is 2. The quantitative estimate of drug-likeness (QED) is 0.284. The number of aliphatic hydroxyl groups is 1. The van der Waals surface area contributed by atoms with Crippen molar-refractivity contribution in [2.75, 3.05) is 45.0 Å². The van der Waals surface area contributed by atoms with Gasteiger partial charge in [0, 0.05) is 38.2 Å². The van der Waals surface area contributed by atoms with Gasteiger partial charge in [0.05, 0.1) is 24.3 Å². The molecular weight excluding hydrogens is 450 g/mol. The first-order valence-corrected chi connectivity index (χ1v) is 11.9. The van der Waals surface area contributed by atoms with E-state index in [0.29, 0.717) is 34.6 Å². The van der Waals surface area contributed by atoms with Crippen molar-refractivity contribution in [2.45, 2.75) is 45.2 Å². The van der Waals surface area contributed by atoms with Crippen LogP contribution in [0.15, 0.2) is 24.5 Å². The van der Waals surface area contributed by atoms with Crippen LogP contribution in [0.25, 0.3) is 22.2 Å². The number of nitrogens with zero attached hydrogens (tertiary/aromatic N) is 4. The standard InChI is InChI=1S/C24H35N7O2S/c1-5-6-7-24(2,15-32)30-22-21-19(28-23(25)29-22)10-16(12-27-21)18-11-20(34)26-13-17(18)14-31(3)8-9-33-4/h10-13,32H,5-9,14-15H2,1-4H3,(H,26,34)(H3,25,28,29,30)/t24-/m1/s1. The van der Waals surface area contributed by atoms with Gasteiger partial charge in [0.2, 0.25) is 5.95 Å². The van der Waals surface area contributed by atoms with Gasteiger partial charge in [0.15, 0.2) is 5.82 Å². The highest BCUT2D eigenvalue weighted by molar-refractivity contribution is 7.71. The van der Waals surface area contributed by atoms with Crippen LogP contribution in [-0.2, 0) is 11.3 Å². The Morgan fingerprint density at radius 2 is 2.12 bits per heavy atom. The van der Waals surface area contributed by atoms with Crippen LogP contribution >= 0.6 is 12.2 Å². The van der Waals surface area contributed by atoms with Crippen molar-refractivity contribution in [3.8, 4) is 11.1 Å². The highest BCUT2D eigenvalue weighted by atomic mass is 32.1. The maximum Gasteiger partial charge on any atom is 0.222 e. The first-order valence-electron chi connectivity index (χ1n) is 11.5. The maximum absolute atomic E-state index is 10.0. The van der Waals surface area contributed by atoms with Gasteiger partial charge in [-0.25, -0.2) is 4.98 Å². The zero-order valence-electron chi connectivity index (χ0n) is 20.4. The minimum Gasteiger partial charge on any atom is -0.394 e. The normalized spacial score (nSPS) is 13.4. The van der Waals surface area contributed by atoms with Crippen molar-refractivity contribution in [1.29, 1.82) is 0 Å². The van der Waals surface area contributed by atoms with E-state index in [1.165, 1.54) is 0 Å². The molecule has 9 nitrogen and oxygen atoms in total. The lowest BCUT2D eigenvalue weighted by atomic mass is 9.96. The molecule has 0 fully saturated rings. The second-order valence-electron chi connectivity index (χ2n) is 8.94. The molecule has 184 valence electrons. The number of unbranched alkanes of at least 4 members (excludes halogenated alkanes) is 1. The molecule has 0 spiro atoms. The van der Waals surface area contributed by atoms with Gasteiger partial charge in [-0.3, -0.25) is 9.88 Å². The Kier molecular flexibility index (Phi) is 8.90. The molecule has 3 rings (SSSR count). The molecule has 0 saturated heterocycles. The summed E-state index contributed by atoms with van der Waals surface area (Å²) < 4.78 is 5.83. The molecule has 0 aromatic carbocycles. The summed E-state index contributed by atoms with van der Waals surface area (Å²) in [5.41, 5.74) is 9.71. The Bertz CT molecular complexity index is 1170. The third kappa shape index (κ3) is 6.47. The fourth-order valence-corrected chi connectivity index (χ4v) is 4.00. The SMILES string of the molecule is CCCC[C@](C)(CO)Nc1nc(N)nc2cc(-c3cc(=S)[nH]cc3CN(C)CCOC)cnc12. The van der Waals surface area contributed by atoms with Crippen LogP contribution in [0.2, 0.25) is 0 Å². The Balaban J connectivity index is 2.01. The van der Waals surface area contributed by atoms with E-state index >= 15 is 0 Å². The van der Waals surface area contributed by atoms with E-state index < -0.39 is 5.54 Å². The Morgan fingerprint density at radius 3 is 2.82 bits per heavy atom. The minimum absolute atomic E-state index is 0.0292. The minimum atomic E-state index is -0.531. The van der Waals surface area contributed by atoms with Crippen molar-refractivity contribution in [1.82, 2.24) is 24.8 Å². The van der Waals surface area contributed by atoms with E-state index in [9.17, 15) is 5.11 Å². The van der Waals surface area contributed by atoms with Crippen LogP contribution in [0.5, 0.6) is 0 Å². The summed E-state index contributed by atoms with van der Waals surface area (Å²) in [6, 6.07) is 3.89. The second-order valence-corrected chi connectivity index (χ2v) is 9.38. The van der Waals surface area contributed by atoms with Crippen LogP contribution in [0, 0.1) is 4.64 Å². The summed E-state index contributed by atoms with van der Waals surface area (Å²) in [7, 11) is 3.75. The molecule has 10 heteroatoms. The smallest absolute Gasteiger partial charge is 0.222 e. The van der Waals surface area contributed by atoms with Gasteiger partial charge in [-0.05, 0) is 43.7 Å². The van der Waals surface area contributed by atoms with E-state index in [-0.39, 0.29) is 12.6 Å². The number of aromatic amines is 1. The number of nitrogens with two attached hydrogens (primary N) is 1.